The number of halogens is 4. The standard InChI is InChI=1S/C18H17F4N3O/c19-15-5-2-1-4-14(15)17(26)25-9-3-8-24(10-11-25)16-7-6-13(12-23-16)18(20,21)22/h1-2,4-7,12H,3,8-11H2. The van der Waals surface area contributed by atoms with Gasteiger partial charge in [-0.2, -0.15) is 13.2 Å². The number of hydrogen-bond donors (Lipinski definition) is 0. The molecular formula is C18H17F4N3O. The number of rotatable bonds is 2. The lowest BCUT2D eigenvalue weighted by Crippen LogP contribution is -2.35. The molecule has 0 aliphatic carbocycles. The maximum absolute atomic E-state index is 13.8. The van der Waals surface area contributed by atoms with Crippen molar-refractivity contribution in [2.75, 3.05) is 31.1 Å². The Morgan fingerprint density at radius 2 is 1.77 bits per heavy atom. The van der Waals surface area contributed by atoms with Crippen molar-refractivity contribution in [3.8, 4) is 0 Å². The van der Waals surface area contributed by atoms with Crippen LogP contribution in [0.4, 0.5) is 23.4 Å². The largest absolute Gasteiger partial charge is 0.417 e. The van der Waals surface area contributed by atoms with E-state index < -0.39 is 17.6 Å². The number of benzene rings is 1. The third-order valence-electron chi connectivity index (χ3n) is 4.29. The molecule has 0 atom stereocenters. The first-order valence-corrected chi connectivity index (χ1v) is 8.18. The summed E-state index contributed by atoms with van der Waals surface area (Å²) < 4.78 is 51.7. The van der Waals surface area contributed by atoms with Crippen LogP contribution in [0.2, 0.25) is 0 Å². The zero-order valence-electron chi connectivity index (χ0n) is 13.8. The highest BCUT2D eigenvalue weighted by Gasteiger charge is 2.31. The average molecular weight is 367 g/mol. The normalized spacial score (nSPS) is 15.7. The quantitative estimate of drug-likeness (QED) is 0.761. The monoisotopic (exact) mass is 367 g/mol. The molecule has 2 heterocycles. The fourth-order valence-electron chi connectivity index (χ4n) is 2.90. The highest BCUT2D eigenvalue weighted by atomic mass is 19.4. The Kier molecular flexibility index (Phi) is 5.11. The van der Waals surface area contributed by atoms with Gasteiger partial charge in [-0.25, -0.2) is 9.37 Å². The summed E-state index contributed by atoms with van der Waals surface area (Å²) >= 11 is 0. The Morgan fingerprint density at radius 1 is 1.00 bits per heavy atom. The molecule has 3 rings (SSSR count). The minimum Gasteiger partial charge on any atom is -0.355 e. The molecule has 0 unspecified atom stereocenters. The maximum atomic E-state index is 13.8. The fraction of sp³-hybridized carbons (Fsp3) is 0.333. The number of aromatic nitrogens is 1. The number of nitrogens with zero attached hydrogens (tertiary/aromatic N) is 3. The Hall–Kier alpha value is -2.64. The number of anilines is 1. The summed E-state index contributed by atoms with van der Waals surface area (Å²) in [5.74, 6) is -0.522. The number of carbonyl (C=O) groups excluding carboxylic acids is 1. The lowest BCUT2D eigenvalue weighted by Gasteiger charge is -2.23. The highest BCUT2D eigenvalue weighted by molar-refractivity contribution is 5.94. The van der Waals surface area contributed by atoms with Gasteiger partial charge in [0.2, 0.25) is 0 Å². The van der Waals surface area contributed by atoms with Gasteiger partial charge in [-0.1, -0.05) is 12.1 Å². The summed E-state index contributed by atoms with van der Waals surface area (Å²) in [6, 6.07) is 8.13. The van der Waals surface area contributed by atoms with Crippen LogP contribution in [-0.4, -0.2) is 42.0 Å². The minimum absolute atomic E-state index is 0.0219. The molecule has 8 heteroatoms. The maximum Gasteiger partial charge on any atom is 0.417 e. The first kappa shape index (κ1) is 18.2. The molecule has 2 aromatic rings. The Bertz CT molecular complexity index is 777. The fourth-order valence-corrected chi connectivity index (χ4v) is 2.90. The van der Waals surface area contributed by atoms with Crippen molar-refractivity contribution in [2.24, 2.45) is 0 Å². The predicted octanol–water partition coefficient (Wildman–Crippen LogP) is 3.59. The van der Waals surface area contributed by atoms with E-state index in [1.54, 1.807) is 11.0 Å². The van der Waals surface area contributed by atoms with Crippen LogP contribution in [0, 0.1) is 5.82 Å². The van der Waals surface area contributed by atoms with Crippen LogP contribution < -0.4 is 4.90 Å². The topological polar surface area (TPSA) is 36.4 Å². The summed E-state index contributed by atoms with van der Waals surface area (Å²) in [6.45, 7) is 1.76. The van der Waals surface area contributed by atoms with Crippen molar-refractivity contribution >= 4 is 11.7 Å². The third-order valence-corrected chi connectivity index (χ3v) is 4.29. The van der Waals surface area contributed by atoms with Crippen LogP contribution in [0.1, 0.15) is 22.3 Å². The van der Waals surface area contributed by atoms with Crippen molar-refractivity contribution in [2.45, 2.75) is 12.6 Å². The van der Waals surface area contributed by atoms with E-state index >= 15 is 0 Å². The molecule has 0 bridgehead atoms. The van der Waals surface area contributed by atoms with Gasteiger partial charge in [-0.15, -0.1) is 0 Å². The first-order chi connectivity index (χ1) is 12.4. The molecule has 1 amide bonds. The van der Waals surface area contributed by atoms with Crippen LogP contribution in [0.5, 0.6) is 0 Å². The minimum atomic E-state index is -4.42. The lowest BCUT2D eigenvalue weighted by atomic mass is 10.2. The SMILES string of the molecule is O=C(c1ccccc1F)N1CCCN(c2ccc(C(F)(F)F)cn2)CC1. The van der Waals surface area contributed by atoms with Gasteiger partial charge >= 0.3 is 6.18 Å². The molecule has 0 N–H and O–H groups in total. The van der Waals surface area contributed by atoms with Crippen LogP contribution in [-0.2, 0) is 6.18 Å². The number of alkyl halides is 3. The molecule has 1 aliphatic rings. The van der Waals surface area contributed by atoms with E-state index in [0.29, 0.717) is 38.4 Å². The second kappa shape index (κ2) is 7.31. The van der Waals surface area contributed by atoms with Crippen molar-refractivity contribution in [1.82, 2.24) is 9.88 Å². The van der Waals surface area contributed by atoms with Gasteiger partial charge in [-0.05, 0) is 30.7 Å². The van der Waals surface area contributed by atoms with E-state index in [2.05, 4.69) is 4.98 Å². The van der Waals surface area contributed by atoms with Gasteiger partial charge in [0, 0.05) is 32.4 Å². The predicted molar refractivity (Wildman–Crippen MR) is 88.4 cm³/mol. The van der Waals surface area contributed by atoms with Gasteiger partial charge in [-0.3, -0.25) is 4.79 Å². The van der Waals surface area contributed by atoms with Gasteiger partial charge in [0.1, 0.15) is 11.6 Å². The second-order valence-corrected chi connectivity index (χ2v) is 6.02. The lowest BCUT2D eigenvalue weighted by molar-refractivity contribution is -0.137. The molecule has 1 fully saturated rings. The third kappa shape index (κ3) is 3.95. The molecule has 0 radical (unpaired) electrons. The Morgan fingerprint density at radius 3 is 2.42 bits per heavy atom. The van der Waals surface area contributed by atoms with Crippen molar-refractivity contribution < 1.29 is 22.4 Å². The summed E-state index contributed by atoms with van der Waals surface area (Å²) in [7, 11) is 0. The zero-order chi connectivity index (χ0) is 18.7. The summed E-state index contributed by atoms with van der Waals surface area (Å²) in [5, 5.41) is 0. The Labute approximate surface area is 148 Å². The summed E-state index contributed by atoms with van der Waals surface area (Å²) in [6.07, 6.45) is -3.00. The van der Waals surface area contributed by atoms with Crippen LogP contribution in [0.3, 0.4) is 0 Å². The van der Waals surface area contributed by atoms with Gasteiger partial charge < -0.3 is 9.80 Å². The number of hydrogen-bond acceptors (Lipinski definition) is 3. The van der Waals surface area contributed by atoms with Crippen LogP contribution in [0.25, 0.3) is 0 Å². The molecule has 4 nitrogen and oxygen atoms in total. The van der Waals surface area contributed by atoms with Gasteiger partial charge in [0.05, 0.1) is 11.1 Å². The van der Waals surface area contributed by atoms with Crippen LogP contribution in [0.15, 0.2) is 42.6 Å². The van der Waals surface area contributed by atoms with E-state index in [0.717, 1.165) is 12.3 Å². The molecule has 1 saturated heterocycles. The summed E-state index contributed by atoms with van der Waals surface area (Å²) in [4.78, 5) is 19.8. The molecule has 0 saturated carbocycles. The van der Waals surface area contributed by atoms with E-state index in [1.807, 2.05) is 4.90 Å². The van der Waals surface area contributed by atoms with Crippen molar-refractivity contribution in [3.05, 3.63) is 59.5 Å². The van der Waals surface area contributed by atoms with Crippen LogP contribution >= 0.6 is 0 Å². The van der Waals surface area contributed by atoms with E-state index in [4.69, 9.17) is 0 Å². The smallest absolute Gasteiger partial charge is 0.355 e. The van der Waals surface area contributed by atoms with E-state index in [9.17, 15) is 22.4 Å². The van der Waals surface area contributed by atoms with Crippen molar-refractivity contribution in [3.63, 3.8) is 0 Å². The van der Waals surface area contributed by atoms with Gasteiger partial charge in [0.15, 0.2) is 0 Å². The highest BCUT2D eigenvalue weighted by Crippen LogP contribution is 2.29. The second-order valence-electron chi connectivity index (χ2n) is 6.02. The zero-order valence-corrected chi connectivity index (χ0v) is 13.8. The summed E-state index contributed by atoms with van der Waals surface area (Å²) in [5.41, 5.74) is -0.777. The molecule has 1 aromatic carbocycles. The molecule has 26 heavy (non-hydrogen) atoms. The number of carbonyl (C=O) groups is 1. The van der Waals surface area contributed by atoms with E-state index in [-0.39, 0.29) is 11.5 Å². The molecule has 1 aliphatic heterocycles. The average Bonchev–Trinajstić information content (AvgIpc) is 2.87. The number of pyridine rings is 1. The Balaban J connectivity index is 1.68. The molecular weight excluding hydrogens is 350 g/mol. The molecule has 138 valence electrons. The molecule has 1 aromatic heterocycles. The van der Waals surface area contributed by atoms with Gasteiger partial charge in [0.25, 0.3) is 5.91 Å². The van der Waals surface area contributed by atoms with E-state index in [1.165, 1.54) is 24.3 Å². The molecule has 0 spiro atoms. The van der Waals surface area contributed by atoms with Crippen molar-refractivity contribution in [1.29, 1.82) is 0 Å². The first-order valence-electron chi connectivity index (χ1n) is 8.18. The number of amides is 1.